The average molecular weight is 261 g/mol. The van der Waals surface area contributed by atoms with Crippen molar-refractivity contribution in [2.45, 2.75) is 32.1 Å². The van der Waals surface area contributed by atoms with E-state index in [1.54, 1.807) is 0 Å². The first-order valence-corrected chi connectivity index (χ1v) is 7.80. The molecule has 2 rings (SSSR count). The van der Waals surface area contributed by atoms with Crippen molar-refractivity contribution in [2.75, 3.05) is 18.8 Å². The molecule has 0 unspecified atom stereocenters. The largest absolute Gasteiger partial charge is 0.481 e. The second-order valence-electron chi connectivity index (χ2n) is 5.09. The smallest absolute Gasteiger partial charge is 0.306 e. The maximum absolute atomic E-state index is 12.0. The average Bonchev–Trinajstić information content (AvgIpc) is 2.24. The minimum Gasteiger partial charge on any atom is -0.481 e. The number of hydrogen-bond acceptors (Lipinski definition) is 3. The first-order valence-electron chi connectivity index (χ1n) is 6.19. The van der Waals surface area contributed by atoms with Gasteiger partial charge in [0.2, 0.25) is 10.0 Å². The third kappa shape index (κ3) is 2.98. The lowest BCUT2D eigenvalue weighted by atomic mass is 9.87. The van der Waals surface area contributed by atoms with E-state index in [0.29, 0.717) is 31.8 Å². The maximum Gasteiger partial charge on any atom is 0.306 e. The number of sulfonamides is 1. The Bertz CT molecular complexity index is 380. The van der Waals surface area contributed by atoms with Gasteiger partial charge < -0.3 is 5.11 Å². The lowest BCUT2D eigenvalue weighted by molar-refractivity contribution is -0.142. The number of hydrogen-bond donors (Lipinski definition) is 1. The molecule has 2 fully saturated rings. The molecule has 1 saturated carbocycles. The van der Waals surface area contributed by atoms with Gasteiger partial charge in [-0.15, -0.1) is 0 Å². The highest BCUT2D eigenvalue weighted by atomic mass is 32.2. The zero-order valence-electron chi connectivity index (χ0n) is 9.84. The Kier molecular flexibility index (Phi) is 3.73. The van der Waals surface area contributed by atoms with Crippen molar-refractivity contribution in [3.8, 4) is 0 Å². The van der Waals surface area contributed by atoms with E-state index in [2.05, 4.69) is 0 Å². The van der Waals surface area contributed by atoms with E-state index in [0.717, 1.165) is 19.3 Å². The van der Waals surface area contributed by atoms with Crippen LogP contribution in [0.3, 0.4) is 0 Å². The molecule has 5 nitrogen and oxygen atoms in total. The molecule has 6 heteroatoms. The van der Waals surface area contributed by atoms with Crippen molar-refractivity contribution in [1.82, 2.24) is 4.31 Å². The highest BCUT2D eigenvalue weighted by Crippen LogP contribution is 2.29. The highest BCUT2D eigenvalue weighted by Gasteiger charge is 2.33. The second-order valence-corrected chi connectivity index (χ2v) is 7.10. The van der Waals surface area contributed by atoms with Crippen molar-refractivity contribution in [3.63, 3.8) is 0 Å². The minimum atomic E-state index is -3.15. The summed E-state index contributed by atoms with van der Waals surface area (Å²) in [6.45, 7) is 0.734. The molecule has 0 aromatic carbocycles. The number of aliphatic carboxylic acids is 1. The molecular formula is C11H19NO4S. The maximum atomic E-state index is 12.0. The molecule has 0 atom stereocenters. The van der Waals surface area contributed by atoms with Crippen LogP contribution >= 0.6 is 0 Å². The molecule has 1 saturated heterocycles. The Morgan fingerprint density at radius 2 is 1.76 bits per heavy atom. The summed E-state index contributed by atoms with van der Waals surface area (Å²) < 4.78 is 25.6. The van der Waals surface area contributed by atoms with Crippen molar-refractivity contribution >= 4 is 16.0 Å². The topological polar surface area (TPSA) is 74.7 Å². The van der Waals surface area contributed by atoms with Crippen molar-refractivity contribution < 1.29 is 18.3 Å². The summed E-state index contributed by atoms with van der Waals surface area (Å²) in [7, 11) is -3.15. The summed E-state index contributed by atoms with van der Waals surface area (Å²) in [5, 5.41) is 8.85. The fourth-order valence-electron chi connectivity index (χ4n) is 2.44. The fraction of sp³-hybridized carbons (Fsp3) is 0.909. The number of piperidine rings is 1. The van der Waals surface area contributed by atoms with Gasteiger partial charge >= 0.3 is 5.97 Å². The molecule has 1 aliphatic carbocycles. The van der Waals surface area contributed by atoms with Crippen LogP contribution in [0.25, 0.3) is 0 Å². The summed E-state index contributed by atoms with van der Waals surface area (Å²) in [5.74, 6) is -0.589. The van der Waals surface area contributed by atoms with Crippen LogP contribution in [0.2, 0.25) is 0 Å². The first-order chi connectivity index (χ1) is 7.99. The number of nitrogens with zero attached hydrogens (tertiary/aromatic N) is 1. The molecule has 2 aliphatic rings. The van der Waals surface area contributed by atoms with Crippen molar-refractivity contribution in [3.05, 3.63) is 0 Å². The SMILES string of the molecule is O=C(O)C1CCN(S(=O)(=O)CC2CCC2)CC1. The lowest BCUT2D eigenvalue weighted by Gasteiger charge is -2.32. The van der Waals surface area contributed by atoms with E-state index in [1.807, 2.05) is 0 Å². The molecule has 0 spiro atoms. The van der Waals surface area contributed by atoms with E-state index in [1.165, 1.54) is 4.31 Å². The van der Waals surface area contributed by atoms with E-state index < -0.39 is 16.0 Å². The van der Waals surface area contributed by atoms with E-state index in [4.69, 9.17) is 5.11 Å². The third-order valence-corrected chi connectivity index (χ3v) is 5.91. The molecule has 1 N–H and O–H groups in total. The number of rotatable bonds is 4. The predicted molar refractivity (Wildman–Crippen MR) is 63.1 cm³/mol. The molecule has 98 valence electrons. The molecule has 0 bridgehead atoms. The molecule has 0 aromatic heterocycles. The summed E-state index contributed by atoms with van der Waals surface area (Å²) in [6, 6.07) is 0. The van der Waals surface area contributed by atoms with Gasteiger partial charge in [-0.1, -0.05) is 6.42 Å². The lowest BCUT2D eigenvalue weighted by Crippen LogP contribution is -2.43. The van der Waals surface area contributed by atoms with Gasteiger partial charge in [0.05, 0.1) is 11.7 Å². The zero-order valence-corrected chi connectivity index (χ0v) is 10.7. The van der Waals surface area contributed by atoms with E-state index >= 15 is 0 Å². The number of carbonyl (C=O) groups is 1. The normalized spacial score (nSPS) is 24.5. The van der Waals surface area contributed by atoms with Crippen LogP contribution in [0, 0.1) is 11.8 Å². The van der Waals surface area contributed by atoms with Gasteiger partial charge in [-0.25, -0.2) is 12.7 Å². The van der Waals surface area contributed by atoms with Crippen LogP contribution in [-0.2, 0) is 14.8 Å². The summed E-state index contributed by atoms with van der Waals surface area (Å²) in [6.07, 6.45) is 4.06. The summed E-state index contributed by atoms with van der Waals surface area (Å²) >= 11 is 0. The monoisotopic (exact) mass is 261 g/mol. The Morgan fingerprint density at radius 1 is 1.18 bits per heavy atom. The molecule has 0 radical (unpaired) electrons. The van der Waals surface area contributed by atoms with Gasteiger partial charge in [0, 0.05) is 13.1 Å². The molecule has 1 heterocycles. The van der Waals surface area contributed by atoms with Crippen LogP contribution in [0.5, 0.6) is 0 Å². The molecule has 1 aliphatic heterocycles. The predicted octanol–water partition coefficient (Wildman–Crippen LogP) is 0.913. The Labute approximate surface area is 102 Å². The van der Waals surface area contributed by atoms with Crippen molar-refractivity contribution in [1.29, 1.82) is 0 Å². The first kappa shape index (κ1) is 12.8. The Morgan fingerprint density at radius 3 is 2.18 bits per heavy atom. The molecular weight excluding hydrogens is 242 g/mol. The number of carboxylic acid groups (broad SMARTS) is 1. The van der Waals surface area contributed by atoms with Gasteiger partial charge in [-0.3, -0.25) is 4.79 Å². The van der Waals surface area contributed by atoms with Gasteiger partial charge in [0.25, 0.3) is 0 Å². The van der Waals surface area contributed by atoms with Gasteiger partial charge in [0.15, 0.2) is 0 Å². The van der Waals surface area contributed by atoms with Crippen LogP contribution in [0.4, 0.5) is 0 Å². The van der Waals surface area contributed by atoms with Crippen LogP contribution in [0.1, 0.15) is 32.1 Å². The number of carboxylic acids is 1. The van der Waals surface area contributed by atoms with Crippen LogP contribution in [-0.4, -0.2) is 42.6 Å². The van der Waals surface area contributed by atoms with Crippen LogP contribution < -0.4 is 0 Å². The van der Waals surface area contributed by atoms with Gasteiger partial charge in [-0.2, -0.15) is 0 Å². The van der Waals surface area contributed by atoms with E-state index in [9.17, 15) is 13.2 Å². The fourth-order valence-corrected chi connectivity index (χ4v) is 4.35. The molecule has 0 aromatic rings. The van der Waals surface area contributed by atoms with Crippen LogP contribution in [0.15, 0.2) is 0 Å². The summed E-state index contributed by atoms with van der Waals surface area (Å²) in [4.78, 5) is 10.8. The quantitative estimate of drug-likeness (QED) is 0.816. The minimum absolute atomic E-state index is 0.255. The Hall–Kier alpha value is -0.620. The Balaban J connectivity index is 1.88. The van der Waals surface area contributed by atoms with Gasteiger partial charge in [-0.05, 0) is 31.6 Å². The highest BCUT2D eigenvalue weighted by molar-refractivity contribution is 7.89. The zero-order chi connectivity index (χ0) is 12.5. The third-order valence-electron chi connectivity index (χ3n) is 3.87. The standard InChI is InChI=1S/C11H19NO4S/c13-11(14)10-4-6-12(7-5-10)17(15,16)8-9-2-1-3-9/h9-10H,1-8H2,(H,13,14). The van der Waals surface area contributed by atoms with Crippen molar-refractivity contribution in [2.24, 2.45) is 11.8 Å². The van der Waals surface area contributed by atoms with Gasteiger partial charge in [0.1, 0.15) is 0 Å². The molecule has 0 amide bonds. The van der Waals surface area contributed by atoms with E-state index in [-0.39, 0.29) is 11.7 Å². The summed E-state index contributed by atoms with van der Waals surface area (Å²) in [5.41, 5.74) is 0. The second kappa shape index (κ2) is 4.94. The molecule has 17 heavy (non-hydrogen) atoms.